The lowest BCUT2D eigenvalue weighted by atomic mass is 10.2. The number of para-hydroxylation sites is 3. The van der Waals surface area contributed by atoms with Crippen LogP contribution in [0.25, 0.3) is 22.1 Å². The largest absolute Gasteiger partial charge is 0.423 e. The van der Waals surface area contributed by atoms with Crippen molar-refractivity contribution in [2.45, 2.75) is 0 Å². The molecule has 5 rings (SSSR count). The molecule has 0 atom stereocenters. The molecule has 0 fully saturated rings. The van der Waals surface area contributed by atoms with E-state index in [0.29, 0.717) is 9.49 Å². The third-order valence-corrected chi connectivity index (χ3v) is 5.82. The molecule has 0 aliphatic carbocycles. The SMILES string of the molecule is O=C(Oc1ccc(/C=c2/sc3nc4ccccc4n3c2=O)cc1)c1ccccc1[N+](=O)[O-]. The highest BCUT2D eigenvalue weighted by Gasteiger charge is 2.21. The summed E-state index contributed by atoms with van der Waals surface area (Å²) in [6, 6.07) is 19.6. The van der Waals surface area contributed by atoms with Gasteiger partial charge in [0.1, 0.15) is 11.3 Å². The van der Waals surface area contributed by atoms with Gasteiger partial charge >= 0.3 is 5.97 Å². The fourth-order valence-corrected chi connectivity index (χ4v) is 4.35. The van der Waals surface area contributed by atoms with Crippen LogP contribution in [0.1, 0.15) is 15.9 Å². The number of nitro groups is 1. The summed E-state index contributed by atoms with van der Waals surface area (Å²) in [5, 5.41) is 11.1. The molecule has 3 aromatic carbocycles. The van der Waals surface area contributed by atoms with Crippen molar-refractivity contribution in [3.63, 3.8) is 0 Å². The van der Waals surface area contributed by atoms with Crippen LogP contribution < -0.4 is 14.8 Å². The predicted molar refractivity (Wildman–Crippen MR) is 120 cm³/mol. The minimum absolute atomic E-state index is 0.127. The van der Waals surface area contributed by atoms with Crippen LogP contribution in [-0.2, 0) is 0 Å². The summed E-state index contributed by atoms with van der Waals surface area (Å²) in [4.78, 5) is 40.8. The van der Waals surface area contributed by atoms with Gasteiger partial charge in [-0.25, -0.2) is 14.2 Å². The smallest absolute Gasteiger partial charge is 0.350 e. The summed E-state index contributed by atoms with van der Waals surface area (Å²) in [5.41, 5.74) is 1.68. The van der Waals surface area contributed by atoms with E-state index in [1.807, 2.05) is 24.3 Å². The lowest BCUT2D eigenvalue weighted by molar-refractivity contribution is -0.385. The van der Waals surface area contributed by atoms with Crippen molar-refractivity contribution in [2.75, 3.05) is 0 Å². The van der Waals surface area contributed by atoms with E-state index in [0.717, 1.165) is 16.6 Å². The number of carbonyl (C=O) groups is 1. The maximum absolute atomic E-state index is 12.8. The van der Waals surface area contributed by atoms with Crippen molar-refractivity contribution in [1.82, 2.24) is 9.38 Å². The van der Waals surface area contributed by atoms with Gasteiger partial charge in [0.15, 0.2) is 4.96 Å². The zero-order valence-electron chi connectivity index (χ0n) is 16.3. The van der Waals surface area contributed by atoms with E-state index in [2.05, 4.69) is 4.98 Å². The molecule has 2 aromatic heterocycles. The molecular formula is C23H13N3O5S. The molecule has 0 amide bonds. The van der Waals surface area contributed by atoms with E-state index in [-0.39, 0.29) is 22.6 Å². The Balaban J connectivity index is 1.43. The average molecular weight is 443 g/mol. The van der Waals surface area contributed by atoms with Crippen molar-refractivity contribution in [1.29, 1.82) is 0 Å². The first-order valence-corrected chi connectivity index (χ1v) is 10.3. The maximum atomic E-state index is 12.8. The molecule has 0 bridgehead atoms. The maximum Gasteiger partial charge on any atom is 0.350 e. The van der Waals surface area contributed by atoms with Crippen molar-refractivity contribution in [2.24, 2.45) is 0 Å². The number of thiazole rings is 1. The Bertz CT molecular complexity index is 1620. The van der Waals surface area contributed by atoms with E-state index < -0.39 is 10.9 Å². The second kappa shape index (κ2) is 7.71. The number of imidazole rings is 1. The molecule has 0 saturated carbocycles. The Labute approximate surface area is 183 Å². The summed E-state index contributed by atoms with van der Waals surface area (Å²) < 4.78 is 7.40. The van der Waals surface area contributed by atoms with Crippen LogP contribution >= 0.6 is 11.3 Å². The van der Waals surface area contributed by atoms with Gasteiger partial charge in [-0.15, -0.1) is 0 Å². The number of hydrogen-bond donors (Lipinski definition) is 0. The Morgan fingerprint density at radius 1 is 1.03 bits per heavy atom. The van der Waals surface area contributed by atoms with Gasteiger partial charge < -0.3 is 4.74 Å². The van der Waals surface area contributed by atoms with Crippen LogP contribution in [0, 0.1) is 10.1 Å². The van der Waals surface area contributed by atoms with Gasteiger partial charge in [0, 0.05) is 6.07 Å². The molecule has 156 valence electrons. The van der Waals surface area contributed by atoms with Gasteiger partial charge in [-0.2, -0.15) is 0 Å². The Kier molecular flexibility index (Phi) is 4.72. The Morgan fingerprint density at radius 3 is 2.53 bits per heavy atom. The zero-order valence-corrected chi connectivity index (χ0v) is 17.1. The quantitative estimate of drug-likeness (QED) is 0.182. The molecule has 0 N–H and O–H groups in total. The highest BCUT2D eigenvalue weighted by Crippen LogP contribution is 2.21. The number of fused-ring (bicyclic) bond motifs is 3. The molecule has 2 heterocycles. The monoisotopic (exact) mass is 443 g/mol. The van der Waals surface area contributed by atoms with Gasteiger partial charge in [-0.3, -0.25) is 14.9 Å². The van der Waals surface area contributed by atoms with Crippen LogP contribution in [0.4, 0.5) is 5.69 Å². The Morgan fingerprint density at radius 2 is 1.75 bits per heavy atom. The molecule has 32 heavy (non-hydrogen) atoms. The first-order chi connectivity index (χ1) is 15.5. The Hall–Kier alpha value is -4.37. The summed E-state index contributed by atoms with van der Waals surface area (Å²) in [5.74, 6) is -0.582. The molecular weight excluding hydrogens is 430 g/mol. The van der Waals surface area contributed by atoms with Gasteiger partial charge in [0.05, 0.1) is 20.5 Å². The number of rotatable bonds is 4. The van der Waals surface area contributed by atoms with E-state index in [4.69, 9.17) is 4.74 Å². The van der Waals surface area contributed by atoms with Gasteiger partial charge in [0.25, 0.3) is 11.2 Å². The number of esters is 1. The van der Waals surface area contributed by atoms with Gasteiger partial charge in [0.2, 0.25) is 0 Å². The van der Waals surface area contributed by atoms with Gasteiger partial charge in [-0.1, -0.05) is 47.7 Å². The number of nitro benzene ring substituents is 1. The molecule has 8 nitrogen and oxygen atoms in total. The predicted octanol–water partition coefficient (Wildman–Crippen LogP) is 3.58. The highest BCUT2D eigenvalue weighted by molar-refractivity contribution is 7.15. The first kappa shape index (κ1) is 19.6. The third kappa shape index (κ3) is 3.40. The molecule has 0 spiro atoms. The van der Waals surface area contributed by atoms with Crippen molar-refractivity contribution >= 4 is 45.1 Å². The summed E-state index contributed by atoms with van der Waals surface area (Å²) in [7, 11) is 0. The number of benzene rings is 3. The first-order valence-electron chi connectivity index (χ1n) is 9.48. The molecule has 0 aliphatic rings. The lowest BCUT2D eigenvalue weighted by Crippen LogP contribution is -2.22. The standard InChI is InChI=1S/C23H13N3O5S/c27-21-20(32-23-24-17-6-2-4-8-19(17)25(21)23)13-14-9-11-15(12-10-14)31-22(28)16-5-1-3-7-18(16)26(29)30/h1-13H/b20-13+. The molecule has 0 aliphatic heterocycles. The van der Waals surface area contributed by atoms with Crippen LogP contribution in [-0.4, -0.2) is 20.3 Å². The van der Waals surface area contributed by atoms with Gasteiger partial charge in [-0.05, 0) is 42.0 Å². The topological polar surface area (TPSA) is 104 Å². The molecule has 0 unspecified atom stereocenters. The van der Waals surface area contributed by atoms with E-state index in [1.54, 1.807) is 34.7 Å². The van der Waals surface area contributed by atoms with Crippen LogP contribution in [0.2, 0.25) is 0 Å². The van der Waals surface area contributed by atoms with E-state index >= 15 is 0 Å². The van der Waals surface area contributed by atoms with E-state index in [1.165, 1.54) is 35.6 Å². The summed E-state index contributed by atoms with van der Waals surface area (Å²) >= 11 is 1.30. The number of hydrogen-bond acceptors (Lipinski definition) is 7. The number of nitrogens with zero attached hydrogens (tertiary/aromatic N) is 3. The average Bonchev–Trinajstić information content (AvgIpc) is 3.31. The second-order valence-electron chi connectivity index (χ2n) is 6.87. The van der Waals surface area contributed by atoms with Crippen LogP contribution in [0.15, 0.2) is 77.6 Å². The normalized spacial score (nSPS) is 11.8. The molecule has 0 saturated heterocycles. The number of carbonyl (C=O) groups excluding carboxylic acids is 1. The van der Waals surface area contributed by atoms with E-state index in [9.17, 15) is 19.7 Å². The lowest BCUT2D eigenvalue weighted by Gasteiger charge is -2.05. The number of ether oxygens (including phenoxy) is 1. The van der Waals surface area contributed by atoms with Crippen LogP contribution in [0.5, 0.6) is 5.75 Å². The van der Waals surface area contributed by atoms with Crippen molar-refractivity contribution < 1.29 is 14.5 Å². The van der Waals surface area contributed by atoms with Crippen molar-refractivity contribution in [3.8, 4) is 5.75 Å². The summed E-state index contributed by atoms with van der Waals surface area (Å²) in [6.07, 6.45) is 1.74. The second-order valence-corrected chi connectivity index (χ2v) is 7.88. The molecule has 5 aromatic rings. The third-order valence-electron chi connectivity index (χ3n) is 4.85. The molecule has 9 heteroatoms. The minimum Gasteiger partial charge on any atom is -0.423 e. The van der Waals surface area contributed by atoms with Crippen molar-refractivity contribution in [3.05, 3.63) is 109 Å². The number of aromatic nitrogens is 2. The fourth-order valence-electron chi connectivity index (χ4n) is 3.36. The highest BCUT2D eigenvalue weighted by atomic mass is 32.1. The zero-order chi connectivity index (χ0) is 22.2. The molecule has 0 radical (unpaired) electrons. The minimum atomic E-state index is -0.817. The summed E-state index contributed by atoms with van der Waals surface area (Å²) in [6.45, 7) is 0. The fraction of sp³-hybridized carbons (Fsp3) is 0. The van der Waals surface area contributed by atoms with Crippen LogP contribution in [0.3, 0.4) is 0 Å².